The summed E-state index contributed by atoms with van der Waals surface area (Å²) in [5, 5.41) is 2.97. The third kappa shape index (κ3) is 4.03. The number of nitrogens with one attached hydrogen (secondary N) is 1. The summed E-state index contributed by atoms with van der Waals surface area (Å²) in [4.78, 5) is 11.6. The fraction of sp³-hybridized carbons (Fsp3) is 0.909. The molecule has 0 aromatic carbocycles. The number of amides is 1. The smallest absolute Gasteiger partial charge is 0.236 e. The third-order valence-corrected chi connectivity index (χ3v) is 3.96. The molecule has 0 saturated heterocycles. The third-order valence-electron chi connectivity index (χ3n) is 3.31. The summed E-state index contributed by atoms with van der Waals surface area (Å²) in [5.41, 5.74) is 6.18. The number of carbonyl (C=O) groups is 1. The van der Waals surface area contributed by atoms with Gasteiger partial charge in [0.15, 0.2) is 0 Å². The van der Waals surface area contributed by atoms with E-state index < -0.39 is 0 Å². The van der Waals surface area contributed by atoms with E-state index in [1.54, 1.807) is 11.8 Å². The van der Waals surface area contributed by atoms with Gasteiger partial charge in [-0.3, -0.25) is 4.79 Å². The molecule has 1 amide bonds. The van der Waals surface area contributed by atoms with Crippen LogP contribution in [0.5, 0.6) is 0 Å². The number of hydrogen-bond acceptors (Lipinski definition) is 3. The van der Waals surface area contributed by atoms with Gasteiger partial charge < -0.3 is 11.1 Å². The first-order chi connectivity index (χ1) is 7.13. The molecule has 3 N–H and O–H groups in total. The maximum Gasteiger partial charge on any atom is 0.236 e. The van der Waals surface area contributed by atoms with Gasteiger partial charge in [-0.05, 0) is 43.1 Å². The molecule has 0 radical (unpaired) electrons. The summed E-state index contributed by atoms with van der Waals surface area (Å²) in [5.74, 6) is 0.969. The van der Waals surface area contributed by atoms with E-state index in [2.05, 4.69) is 12.2 Å². The highest BCUT2D eigenvalue weighted by Gasteiger charge is 2.40. The zero-order chi connectivity index (χ0) is 11.3. The molecule has 0 bridgehead atoms. The Morgan fingerprint density at radius 1 is 1.60 bits per heavy atom. The Morgan fingerprint density at radius 2 is 2.27 bits per heavy atom. The molecule has 1 aliphatic rings. The van der Waals surface area contributed by atoms with Crippen LogP contribution >= 0.6 is 11.8 Å². The van der Waals surface area contributed by atoms with E-state index in [-0.39, 0.29) is 11.9 Å². The molecule has 0 unspecified atom stereocenters. The number of thioether (sulfide) groups is 1. The molecule has 0 spiro atoms. The van der Waals surface area contributed by atoms with Crippen LogP contribution in [0.15, 0.2) is 0 Å². The summed E-state index contributed by atoms with van der Waals surface area (Å²) in [7, 11) is 0. The summed E-state index contributed by atoms with van der Waals surface area (Å²) in [6, 6.07) is -0.329. The average Bonchev–Trinajstić information content (AvgIpc) is 3.03. The van der Waals surface area contributed by atoms with Gasteiger partial charge in [0.05, 0.1) is 6.04 Å². The Morgan fingerprint density at radius 3 is 2.73 bits per heavy atom. The van der Waals surface area contributed by atoms with Crippen molar-refractivity contribution in [2.24, 2.45) is 11.1 Å². The first kappa shape index (κ1) is 12.8. The van der Waals surface area contributed by atoms with Gasteiger partial charge in [0.1, 0.15) is 0 Å². The van der Waals surface area contributed by atoms with Crippen LogP contribution < -0.4 is 11.1 Å². The monoisotopic (exact) mass is 230 g/mol. The molecule has 1 saturated carbocycles. The van der Waals surface area contributed by atoms with Crippen LogP contribution in [0.4, 0.5) is 0 Å². The predicted octanol–water partition coefficient (Wildman–Crippen LogP) is 1.37. The maximum absolute atomic E-state index is 11.6. The van der Waals surface area contributed by atoms with Gasteiger partial charge in [-0.1, -0.05) is 6.92 Å². The lowest BCUT2D eigenvalue weighted by Crippen LogP contribution is -2.43. The zero-order valence-corrected chi connectivity index (χ0v) is 10.5. The minimum atomic E-state index is -0.329. The molecule has 15 heavy (non-hydrogen) atoms. The summed E-state index contributed by atoms with van der Waals surface area (Å²) >= 11 is 1.73. The van der Waals surface area contributed by atoms with E-state index in [4.69, 9.17) is 5.73 Å². The molecule has 1 aliphatic carbocycles. The average molecular weight is 230 g/mol. The molecule has 0 heterocycles. The van der Waals surface area contributed by atoms with Crippen molar-refractivity contribution >= 4 is 17.7 Å². The fourth-order valence-electron chi connectivity index (χ4n) is 1.61. The number of rotatable bonds is 7. The van der Waals surface area contributed by atoms with E-state index >= 15 is 0 Å². The number of carbonyl (C=O) groups excluding carboxylic acids is 1. The van der Waals surface area contributed by atoms with Crippen LogP contribution in [-0.2, 0) is 4.79 Å². The van der Waals surface area contributed by atoms with Crippen LogP contribution in [0.1, 0.15) is 32.6 Å². The van der Waals surface area contributed by atoms with E-state index in [0.29, 0.717) is 5.41 Å². The molecule has 1 atom stereocenters. The van der Waals surface area contributed by atoms with Crippen molar-refractivity contribution in [2.75, 3.05) is 18.6 Å². The molecule has 0 aliphatic heterocycles. The first-order valence-electron chi connectivity index (χ1n) is 5.66. The Balaban J connectivity index is 2.17. The lowest BCUT2D eigenvalue weighted by molar-refractivity contribution is -0.122. The quantitative estimate of drug-likeness (QED) is 0.694. The van der Waals surface area contributed by atoms with Crippen molar-refractivity contribution in [3.05, 3.63) is 0 Å². The van der Waals surface area contributed by atoms with Crippen molar-refractivity contribution in [1.82, 2.24) is 5.32 Å². The van der Waals surface area contributed by atoms with Gasteiger partial charge in [-0.2, -0.15) is 11.8 Å². The summed E-state index contributed by atoms with van der Waals surface area (Å²) < 4.78 is 0. The lowest BCUT2D eigenvalue weighted by atomic mass is 10.0. The van der Waals surface area contributed by atoms with Gasteiger partial charge in [-0.25, -0.2) is 0 Å². The van der Waals surface area contributed by atoms with Crippen LogP contribution in [-0.4, -0.2) is 30.5 Å². The standard InChI is InChI=1S/C11H22N2OS/c1-3-11(5-6-11)8-13-10(14)9(12)4-7-15-2/h9H,3-8,12H2,1-2H3,(H,13,14)/t9-/m0/s1. The zero-order valence-electron chi connectivity index (χ0n) is 9.71. The first-order valence-corrected chi connectivity index (χ1v) is 7.05. The Hall–Kier alpha value is -0.220. The van der Waals surface area contributed by atoms with Gasteiger partial charge >= 0.3 is 0 Å². The molecule has 0 aromatic rings. The predicted molar refractivity (Wildman–Crippen MR) is 65.9 cm³/mol. The van der Waals surface area contributed by atoms with E-state index in [9.17, 15) is 4.79 Å². The molecule has 88 valence electrons. The molecule has 1 fully saturated rings. The van der Waals surface area contributed by atoms with Crippen molar-refractivity contribution in [2.45, 2.75) is 38.6 Å². The topological polar surface area (TPSA) is 55.1 Å². The van der Waals surface area contributed by atoms with Crippen LogP contribution in [0.2, 0.25) is 0 Å². The highest BCUT2D eigenvalue weighted by Crippen LogP contribution is 2.47. The van der Waals surface area contributed by atoms with Gasteiger partial charge in [-0.15, -0.1) is 0 Å². The second-order valence-corrected chi connectivity index (χ2v) is 5.44. The number of nitrogens with two attached hydrogens (primary N) is 1. The van der Waals surface area contributed by atoms with Crippen molar-refractivity contribution < 1.29 is 4.79 Å². The lowest BCUT2D eigenvalue weighted by Gasteiger charge is -2.16. The highest BCUT2D eigenvalue weighted by molar-refractivity contribution is 7.98. The van der Waals surface area contributed by atoms with E-state index in [1.807, 2.05) is 6.26 Å². The Bertz CT molecular complexity index is 217. The Kier molecular flexibility index (Phi) is 4.93. The highest BCUT2D eigenvalue weighted by atomic mass is 32.2. The number of hydrogen-bond donors (Lipinski definition) is 2. The molecule has 4 heteroatoms. The fourth-order valence-corrected chi connectivity index (χ4v) is 2.10. The Labute approximate surface area is 96.6 Å². The maximum atomic E-state index is 11.6. The second-order valence-electron chi connectivity index (χ2n) is 4.46. The summed E-state index contributed by atoms with van der Waals surface area (Å²) in [6.45, 7) is 3.00. The largest absolute Gasteiger partial charge is 0.354 e. The van der Waals surface area contributed by atoms with Crippen molar-refractivity contribution in [1.29, 1.82) is 0 Å². The van der Waals surface area contributed by atoms with E-state index in [1.165, 1.54) is 12.8 Å². The van der Waals surface area contributed by atoms with Crippen LogP contribution in [0.25, 0.3) is 0 Å². The normalized spacial score (nSPS) is 19.7. The van der Waals surface area contributed by atoms with Crippen molar-refractivity contribution in [3.63, 3.8) is 0 Å². The van der Waals surface area contributed by atoms with E-state index in [0.717, 1.165) is 25.1 Å². The second kappa shape index (κ2) is 5.75. The summed E-state index contributed by atoms with van der Waals surface area (Å²) in [6.07, 6.45) is 6.47. The van der Waals surface area contributed by atoms with Gasteiger partial charge in [0, 0.05) is 6.54 Å². The molecule has 0 aromatic heterocycles. The molecule has 1 rings (SSSR count). The van der Waals surface area contributed by atoms with Gasteiger partial charge in [0.2, 0.25) is 5.91 Å². The van der Waals surface area contributed by atoms with Crippen molar-refractivity contribution in [3.8, 4) is 0 Å². The molecule has 3 nitrogen and oxygen atoms in total. The molecular formula is C11H22N2OS. The minimum Gasteiger partial charge on any atom is -0.354 e. The van der Waals surface area contributed by atoms with Crippen LogP contribution in [0.3, 0.4) is 0 Å². The minimum absolute atomic E-state index is 0.0174. The van der Waals surface area contributed by atoms with Gasteiger partial charge in [0.25, 0.3) is 0 Å². The van der Waals surface area contributed by atoms with Crippen LogP contribution in [0, 0.1) is 5.41 Å². The molecular weight excluding hydrogens is 208 g/mol. The SMILES string of the molecule is CCC1(CNC(=O)[C@@H](N)CCSC)CC1.